The van der Waals surface area contributed by atoms with Gasteiger partial charge in [-0.3, -0.25) is 4.79 Å². The second-order valence-electron chi connectivity index (χ2n) is 8.32. The molecule has 8 heteroatoms. The molecule has 1 saturated heterocycles. The van der Waals surface area contributed by atoms with Crippen LogP contribution < -0.4 is 9.47 Å². The predicted molar refractivity (Wildman–Crippen MR) is 132 cm³/mol. The fourth-order valence-corrected chi connectivity index (χ4v) is 3.95. The summed E-state index contributed by atoms with van der Waals surface area (Å²) in [6.45, 7) is 1.48. The summed E-state index contributed by atoms with van der Waals surface area (Å²) in [5, 5.41) is 13.9. The first-order valence-electron chi connectivity index (χ1n) is 11.1. The first kappa shape index (κ1) is 24.6. The second-order valence-corrected chi connectivity index (χ2v) is 8.75. The Morgan fingerprint density at radius 1 is 0.971 bits per heavy atom. The fourth-order valence-electron chi connectivity index (χ4n) is 3.83. The molecule has 1 heterocycles. The van der Waals surface area contributed by atoms with Crippen molar-refractivity contribution in [3.8, 4) is 11.5 Å². The summed E-state index contributed by atoms with van der Waals surface area (Å²) < 4.78 is 17.1. The van der Waals surface area contributed by atoms with E-state index in [4.69, 9.17) is 30.6 Å². The van der Waals surface area contributed by atoms with E-state index in [1.807, 2.05) is 60.7 Å². The van der Waals surface area contributed by atoms with Crippen molar-refractivity contribution in [2.75, 3.05) is 26.9 Å². The van der Waals surface area contributed by atoms with Crippen molar-refractivity contribution < 1.29 is 28.9 Å². The lowest BCUT2D eigenvalue weighted by atomic mass is 9.76. The Balaban J connectivity index is 1.30. The molecular formula is C27H26ClNO6. The molecule has 0 amide bonds. The van der Waals surface area contributed by atoms with E-state index >= 15 is 0 Å². The van der Waals surface area contributed by atoms with Gasteiger partial charge in [0.25, 0.3) is 0 Å². The maximum atomic E-state index is 11.2. The summed E-state index contributed by atoms with van der Waals surface area (Å²) in [6, 6.07) is 22.5. The molecule has 1 fully saturated rings. The molecule has 0 spiro atoms. The van der Waals surface area contributed by atoms with Crippen LogP contribution in [0.4, 0.5) is 0 Å². The molecule has 3 aromatic carbocycles. The fraction of sp³-hybridized carbons (Fsp3) is 0.259. The van der Waals surface area contributed by atoms with Crippen LogP contribution in [0.15, 0.2) is 78.0 Å². The maximum Gasteiger partial charge on any atom is 0.304 e. The van der Waals surface area contributed by atoms with E-state index in [2.05, 4.69) is 5.16 Å². The van der Waals surface area contributed by atoms with E-state index in [0.717, 1.165) is 16.7 Å². The molecule has 1 aliphatic heterocycles. The van der Waals surface area contributed by atoms with Gasteiger partial charge in [0.2, 0.25) is 0 Å². The van der Waals surface area contributed by atoms with Crippen molar-refractivity contribution >= 4 is 23.3 Å². The number of halogens is 1. The zero-order valence-electron chi connectivity index (χ0n) is 19.3. The number of aliphatic carboxylic acids is 1. The zero-order valence-corrected chi connectivity index (χ0v) is 20.0. The Morgan fingerprint density at radius 2 is 1.60 bits per heavy atom. The molecule has 0 bridgehead atoms. The number of hydrogen-bond donors (Lipinski definition) is 1. The highest BCUT2D eigenvalue weighted by molar-refractivity contribution is 6.30. The third kappa shape index (κ3) is 6.32. The summed E-state index contributed by atoms with van der Waals surface area (Å²) in [4.78, 5) is 16.2. The lowest BCUT2D eigenvalue weighted by Crippen LogP contribution is -2.48. The van der Waals surface area contributed by atoms with Crippen LogP contribution >= 0.6 is 11.6 Å². The number of ether oxygens (including phenoxy) is 3. The lowest BCUT2D eigenvalue weighted by molar-refractivity contribution is -0.145. The number of rotatable bonds is 11. The number of oxime groups is 1. The van der Waals surface area contributed by atoms with Crippen molar-refractivity contribution in [1.29, 1.82) is 0 Å². The molecule has 35 heavy (non-hydrogen) atoms. The van der Waals surface area contributed by atoms with Crippen LogP contribution in [0.3, 0.4) is 0 Å². The van der Waals surface area contributed by atoms with Gasteiger partial charge >= 0.3 is 5.97 Å². The van der Waals surface area contributed by atoms with Gasteiger partial charge in [-0.2, -0.15) is 0 Å². The van der Waals surface area contributed by atoms with E-state index in [9.17, 15) is 9.90 Å². The molecule has 0 aliphatic carbocycles. The maximum absolute atomic E-state index is 11.2. The van der Waals surface area contributed by atoms with Crippen LogP contribution in [0.25, 0.3) is 0 Å². The highest BCUT2D eigenvalue weighted by Gasteiger charge is 2.42. The van der Waals surface area contributed by atoms with Gasteiger partial charge in [-0.1, -0.05) is 53.2 Å². The topological polar surface area (TPSA) is 86.6 Å². The van der Waals surface area contributed by atoms with Crippen LogP contribution in [0.2, 0.25) is 5.02 Å². The summed E-state index contributed by atoms with van der Waals surface area (Å²) in [5.41, 5.74) is 3.01. The van der Waals surface area contributed by atoms with Crippen LogP contribution in [0.1, 0.15) is 23.1 Å². The first-order valence-corrected chi connectivity index (χ1v) is 11.5. The van der Waals surface area contributed by atoms with Crippen LogP contribution in [-0.2, 0) is 26.4 Å². The van der Waals surface area contributed by atoms with Crippen molar-refractivity contribution in [2.24, 2.45) is 5.16 Å². The SMILES string of the molecule is CON=C(COc1ccc(COc2ccc(C3(CC(=O)O)COC3)cc2)cc1)c1ccc(Cl)cc1. The quantitative estimate of drug-likeness (QED) is 0.294. The molecule has 4 rings (SSSR count). The minimum Gasteiger partial charge on any atom is -0.489 e. The van der Waals surface area contributed by atoms with Crippen molar-refractivity contribution in [1.82, 2.24) is 0 Å². The molecule has 0 atom stereocenters. The molecular weight excluding hydrogens is 470 g/mol. The van der Waals surface area contributed by atoms with E-state index in [1.165, 1.54) is 7.11 Å². The average Bonchev–Trinajstić information content (AvgIpc) is 2.84. The van der Waals surface area contributed by atoms with Gasteiger partial charge in [0.05, 0.1) is 25.0 Å². The highest BCUT2D eigenvalue weighted by atomic mass is 35.5. The van der Waals surface area contributed by atoms with Crippen LogP contribution in [0.5, 0.6) is 11.5 Å². The lowest BCUT2D eigenvalue weighted by Gasteiger charge is -2.40. The number of carbonyl (C=O) groups is 1. The minimum atomic E-state index is -0.826. The number of hydrogen-bond acceptors (Lipinski definition) is 6. The summed E-state index contributed by atoms with van der Waals surface area (Å²) in [5.74, 6) is 0.582. The van der Waals surface area contributed by atoms with Gasteiger partial charge in [-0.05, 0) is 47.5 Å². The summed E-state index contributed by atoms with van der Waals surface area (Å²) in [6.07, 6.45) is 0.0557. The predicted octanol–water partition coefficient (Wildman–Crippen LogP) is 5.09. The van der Waals surface area contributed by atoms with Crippen molar-refractivity contribution in [2.45, 2.75) is 18.4 Å². The number of carboxylic acid groups (broad SMARTS) is 1. The van der Waals surface area contributed by atoms with E-state index < -0.39 is 11.4 Å². The van der Waals surface area contributed by atoms with Gasteiger partial charge in [0.1, 0.15) is 37.5 Å². The van der Waals surface area contributed by atoms with Gasteiger partial charge in [-0.15, -0.1) is 0 Å². The molecule has 0 unspecified atom stereocenters. The van der Waals surface area contributed by atoms with E-state index in [-0.39, 0.29) is 13.0 Å². The Morgan fingerprint density at radius 3 is 2.17 bits per heavy atom. The Labute approximate surface area is 208 Å². The number of nitrogens with zero attached hydrogens (tertiary/aromatic N) is 1. The monoisotopic (exact) mass is 495 g/mol. The van der Waals surface area contributed by atoms with Gasteiger partial charge in [-0.25, -0.2) is 0 Å². The standard InChI is InChI=1S/C27H26ClNO6/c1-32-29-25(20-4-8-22(28)9-5-20)16-35-23-10-2-19(3-11-23)15-34-24-12-6-21(7-13-24)27(14-26(30)31)17-33-18-27/h2-13H,14-18H2,1H3,(H,30,31). The van der Waals surface area contributed by atoms with Crippen LogP contribution in [0, 0.1) is 0 Å². The third-order valence-electron chi connectivity index (χ3n) is 5.80. The number of benzene rings is 3. The first-order chi connectivity index (χ1) is 17.0. The van der Waals surface area contributed by atoms with Crippen LogP contribution in [-0.4, -0.2) is 43.7 Å². The Kier molecular flexibility index (Phi) is 7.90. The van der Waals surface area contributed by atoms with Gasteiger partial charge in [0.15, 0.2) is 0 Å². The van der Waals surface area contributed by atoms with E-state index in [1.54, 1.807) is 12.1 Å². The average molecular weight is 496 g/mol. The molecule has 3 aromatic rings. The molecule has 0 saturated carbocycles. The molecule has 1 aliphatic rings. The van der Waals surface area contributed by atoms with Crippen molar-refractivity contribution in [3.63, 3.8) is 0 Å². The molecule has 182 valence electrons. The third-order valence-corrected chi connectivity index (χ3v) is 6.05. The molecule has 0 radical (unpaired) electrons. The Bertz CT molecular complexity index is 1160. The minimum absolute atomic E-state index is 0.0557. The zero-order chi connectivity index (χ0) is 24.7. The summed E-state index contributed by atoms with van der Waals surface area (Å²) in [7, 11) is 1.49. The normalized spacial score (nSPS) is 14.6. The van der Waals surface area contributed by atoms with Gasteiger partial charge < -0.3 is 24.2 Å². The van der Waals surface area contributed by atoms with Gasteiger partial charge in [0, 0.05) is 10.6 Å². The second kappa shape index (κ2) is 11.3. The summed E-state index contributed by atoms with van der Waals surface area (Å²) >= 11 is 5.96. The number of carboxylic acids is 1. The molecule has 7 nitrogen and oxygen atoms in total. The smallest absolute Gasteiger partial charge is 0.304 e. The van der Waals surface area contributed by atoms with Crippen molar-refractivity contribution in [3.05, 3.63) is 94.5 Å². The molecule has 0 aromatic heterocycles. The highest BCUT2D eigenvalue weighted by Crippen LogP contribution is 2.36. The Hall–Kier alpha value is -3.55. The largest absolute Gasteiger partial charge is 0.489 e. The molecule has 1 N–H and O–H groups in total. The van der Waals surface area contributed by atoms with E-state index in [0.29, 0.717) is 42.1 Å².